The highest BCUT2D eigenvalue weighted by atomic mass is 35.5. The van der Waals surface area contributed by atoms with Gasteiger partial charge in [-0.05, 0) is 19.3 Å². The van der Waals surface area contributed by atoms with Crippen molar-refractivity contribution >= 4 is 18.3 Å². The quantitative estimate of drug-likeness (QED) is 0.402. The molecular formula is C20H41ClN2O. The van der Waals surface area contributed by atoms with E-state index in [0.717, 1.165) is 38.6 Å². The Labute approximate surface area is 156 Å². The lowest BCUT2D eigenvalue weighted by molar-refractivity contribution is -0.126. The Hall–Kier alpha value is -0.280. The second-order valence-electron chi connectivity index (χ2n) is 7.51. The van der Waals surface area contributed by atoms with Gasteiger partial charge in [0.2, 0.25) is 5.91 Å². The molecule has 1 saturated carbocycles. The highest BCUT2D eigenvalue weighted by Crippen LogP contribution is 2.27. The Morgan fingerprint density at radius 2 is 1.25 bits per heavy atom. The third-order valence-electron chi connectivity index (χ3n) is 5.26. The first-order chi connectivity index (χ1) is 11.2. The molecule has 0 heterocycles. The normalized spacial score (nSPS) is 15.9. The van der Waals surface area contributed by atoms with E-state index in [9.17, 15) is 4.79 Å². The molecule has 1 aliphatic carbocycles. The van der Waals surface area contributed by atoms with Crippen LogP contribution in [0.4, 0.5) is 0 Å². The minimum absolute atomic E-state index is 0. The molecule has 0 bridgehead atoms. The molecule has 0 saturated heterocycles. The fourth-order valence-corrected chi connectivity index (χ4v) is 3.58. The van der Waals surface area contributed by atoms with Crippen LogP contribution >= 0.6 is 12.4 Å². The third-order valence-corrected chi connectivity index (χ3v) is 5.26. The summed E-state index contributed by atoms with van der Waals surface area (Å²) in [6, 6.07) is 0. The molecule has 1 aliphatic rings. The van der Waals surface area contributed by atoms with Crippen LogP contribution in [0.1, 0.15) is 110 Å². The lowest BCUT2D eigenvalue weighted by Gasteiger charge is -2.22. The van der Waals surface area contributed by atoms with E-state index < -0.39 is 5.54 Å². The zero-order chi connectivity index (χ0) is 16.8. The fourth-order valence-electron chi connectivity index (χ4n) is 3.58. The molecule has 0 aromatic rings. The number of halogens is 1. The van der Waals surface area contributed by atoms with Crippen molar-refractivity contribution in [2.45, 2.75) is 115 Å². The highest BCUT2D eigenvalue weighted by molar-refractivity contribution is 5.86. The van der Waals surface area contributed by atoms with Gasteiger partial charge in [0, 0.05) is 6.54 Å². The molecule has 1 amide bonds. The van der Waals surface area contributed by atoms with Crippen molar-refractivity contribution in [2.24, 2.45) is 5.73 Å². The first-order valence-electron chi connectivity index (χ1n) is 10.3. The second-order valence-corrected chi connectivity index (χ2v) is 7.51. The summed E-state index contributed by atoms with van der Waals surface area (Å²) in [6.45, 7) is 3.07. The van der Waals surface area contributed by atoms with Crippen LogP contribution in [0.15, 0.2) is 0 Å². The summed E-state index contributed by atoms with van der Waals surface area (Å²) in [5.74, 6) is 0.0815. The monoisotopic (exact) mass is 360 g/mol. The van der Waals surface area contributed by atoms with Gasteiger partial charge in [0.1, 0.15) is 0 Å². The minimum Gasteiger partial charge on any atom is -0.355 e. The summed E-state index contributed by atoms with van der Waals surface area (Å²) in [5.41, 5.74) is 5.58. The van der Waals surface area contributed by atoms with Crippen molar-refractivity contribution in [1.82, 2.24) is 5.32 Å². The van der Waals surface area contributed by atoms with Crippen molar-refractivity contribution < 1.29 is 4.79 Å². The van der Waals surface area contributed by atoms with Crippen molar-refractivity contribution in [2.75, 3.05) is 6.54 Å². The maximum atomic E-state index is 12.0. The van der Waals surface area contributed by atoms with Crippen LogP contribution in [-0.2, 0) is 4.79 Å². The van der Waals surface area contributed by atoms with E-state index >= 15 is 0 Å². The molecule has 0 spiro atoms. The average Bonchev–Trinajstić information content (AvgIpc) is 3.00. The number of rotatable bonds is 14. The topological polar surface area (TPSA) is 55.1 Å². The molecule has 0 unspecified atom stereocenters. The first-order valence-corrected chi connectivity index (χ1v) is 10.3. The molecule has 4 heteroatoms. The van der Waals surface area contributed by atoms with E-state index in [1.807, 2.05) is 0 Å². The van der Waals surface area contributed by atoms with E-state index in [0.29, 0.717) is 0 Å². The van der Waals surface area contributed by atoms with Crippen molar-refractivity contribution in [3.8, 4) is 0 Å². The number of amides is 1. The molecule has 24 heavy (non-hydrogen) atoms. The number of nitrogens with two attached hydrogens (primary N) is 1. The van der Waals surface area contributed by atoms with Gasteiger partial charge >= 0.3 is 0 Å². The van der Waals surface area contributed by atoms with Crippen molar-refractivity contribution in [3.05, 3.63) is 0 Å². The molecule has 0 atom stereocenters. The lowest BCUT2D eigenvalue weighted by Crippen LogP contribution is -2.52. The number of nitrogens with one attached hydrogen (secondary N) is 1. The van der Waals surface area contributed by atoms with Crippen LogP contribution in [0, 0.1) is 0 Å². The standard InChI is InChI=1S/C20H40N2O.ClH/c1-2-3-4-5-6-7-8-9-10-11-12-15-18-22-19(23)20(21)16-13-14-17-20;/h2-18,21H2,1H3,(H,22,23);1H. The number of carbonyl (C=O) groups excluding carboxylic acids is 1. The predicted molar refractivity (Wildman–Crippen MR) is 107 cm³/mol. The summed E-state index contributed by atoms with van der Waals surface area (Å²) in [5, 5.41) is 3.04. The lowest BCUT2D eigenvalue weighted by atomic mass is 9.98. The molecule has 1 rings (SSSR count). The van der Waals surface area contributed by atoms with Gasteiger partial charge in [0.15, 0.2) is 0 Å². The van der Waals surface area contributed by atoms with Crippen LogP contribution < -0.4 is 11.1 Å². The Morgan fingerprint density at radius 3 is 1.71 bits per heavy atom. The SMILES string of the molecule is CCCCCCCCCCCCCCNC(=O)C1(N)CCCC1.Cl. The van der Waals surface area contributed by atoms with Crippen molar-refractivity contribution in [1.29, 1.82) is 0 Å². The van der Waals surface area contributed by atoms with Crippen LogP contribution in [0.3, 0.4) is 0 Å². The van der Waals surface area contributed by atoms with E-state index in [2.05, 4.69) is 12.2 Å². The molecule has 1 fully saturated rings. The molecule has 0 radical (unpaired) electrons. The molecule has 0 aromatic carbocycles. The average molecular weight is 361 g/mol. The Kier molecular flexibility index (Phi) is 14.8. The highest BCUT2D eigenvalue weighted by Gasteiger charge is 2.36. The predicted octanol–water partition coefficient (Wildman–Crippen LogP) is 5.50. The third kappa shape index (κ3) is 10.6. The van der Waals surface area contributed by atoms with Crippen LogP contribution in [0.25, 0.3) is 0 Å². The number of carbonyl (C=O) groups is 1. The summed E-state index contributed by atoms with van der Waals surface area (Å²) in [6.07, 6.45) is 20.1. The van der Waals surface area contributed by atoms with Crippen LogP contribution in [0.5, 0.6) is 0 Å². The number of hydrogen-bond donors (Lipinski definition) is 2. The molecule has 144 valence electrons. The van der Waals surface area contributed by atoms with Crippen LogP contribution in [0.2, 0.25) is 0 Å². The van der Waals surface area contributed by atoms with Gasteiger partial charge in [-0.3, -0.25) is 4.79 Å². The summed E-state index contributed by atoms with van der Waals surface area (Å²) >= 11 is 0. The minimum atomic E-state index is -0.558. The van der Waals surface area contributed by atoms with Gasteiger partial charge in [-0.25, -0.2) is 0 Å². The number of unbranched alkanes of at least 4 members (excludes halogenated alkanes) is 11. The first kappa shape index (κ1) is 23.7. The second kappa shape index (κ2) is 15.0. The van der Waals surface area contributed by atoms with E-state index in [-0.39, 0.29) is 18.3 Å². The maximum Gasteiger partial charge on any atom is 0.240 e. The largest absolute Gasteiger partial charge is 0.355 e. The van der Waals surface area contributed by atoms with Gasteiger partial charge in [0.05, 0.1) is 5.54 Å². The number of hydrogen-bond acceptors (Lipinski definition) is 2. The van der Waals surface area contributed by atoms with Crippen molar-refractivity contribution in [3.63, 3.8) is 0 Å². The molecule has 3 nitrogen and oxygen atoms in total. The summed E-state index contributed by atoms with van der Waals surface area (Å²) < 4.78 is 0. The summed E-state index contributed by atoms with van der Waals surface area (Å²) in [7, 11) is 0. The maximum absolute atomic E-state index is 12.0. The van der Waals surface area contributed by atoms with Crippen LogP contribution in [-0.4, -0.2) is 18.0 Å². The Morgan fingerprint density at radius 1 is 0.833 bits per heavy atom. The zero-order valence-electron chi connectivity index (χ0n) is 15.9. The van der Waals surface area contributed by atoms with E-state index in [1.165, 1.54) is 70.6 Å². The van der Waals surface area contributed by atoms with Gasteiger partial charge in [-0.15, -0.1) is 12.4 Å². The van der Waals surface area contributed by atoms with E-state index in [4.69, 9.17) is 5.73 Å². The van der Waals surface area contributed by atoms with Gasteiger partial charge in [0.25, 0.3) is 0 Å². The molecular weight excluding hydrogens is 320 g/mol. The molecule has 3 N–H and O–H groups in total. The van der Waals surface area contributed by atoms with Gasteiger partial charge < -0.3 is 11.1 Å². The Balaban J connectivity index is 0.00000529. The zero-order valence-corrected chi connectivity index (χ0v) is 16.7. The van der Waals surface area contributed by atoms with Gasteiger partial charge in [-0.1, -0.05) is 90.4 Å². The van der Waals surface area contributed by atoms with E-state index in [1.54, 1.807) is 0 Å². The Bertz CT molecular complexity index is 304. The molecule has 0 aliphatic heterocycles. The fraction of sp³-hybridized carbons (Fsp3) is 0.950. The van der Waals surface area contributed by atoms with Gasteiger partial charge in [-0.2, -0.15) is 0 Å². The molecule has 0 aromatic heterocycles. The summed E-state index contributed by atoms with van der Waals surface area (Å²) in [4.78, 5) is 12.0. The smallest absolute Gasteiger partial charge is 0.240 e.